The first kappa shape index (κ1) is 112. The summed E-state index contributed by atoms with van der Waals surface area (Å²) in [4.78, 5) is 115. The van der Waals surface area contributed by atoms with Crippen LogP contribution in [0.4, 0.5) is 0 Å². The van der Waals surface area contributed by atoms with E-state index >= 15 is 0 Å². The normalized spacial score (nSPS) is 14.9. The number of aromatic carboxylic acids is 1. The highest BCUT2D eigenvalue weighted by Crippen LogP contribution is 2.52. The van der Waals surface area contributed by atoms with Crippen LogP contribution in [-0.4, -0.2) is 178 Å². The fourth-order valence-corrected chi connectivity index (χ4v) is 20.5. The van der Waals surface area contributed by atoms with Gasteiger partial charge in [0.1, 0.15) is 65.9 Å². The molecule has 8 aromatic carbocycles. The van der Waals surface area contributed by atoms with Crippen LogP contribution in [0.25, 0.3) is 67.3 Å². The average molecular weight is 2090 g/mol. The molecule has 3 aliphatic rings. The van der Waals surface area contributed by atoms with E-state index in [-0.39, 0.29) is 84.9 Å². The van der Waals surface area contributed by atoms with Crippen LogP contribution in [0.2, 0.25) is 0 Å². The first-order chi connectivity index (χ1) is 71.8. The first-order valence-electron chi connectivity index (χ1n) is 48.9. The third-order valence-corrected chi connectivity index (χ3v) is 28.7. The van der Waals surface area contributed by atoms with Crippen molar-refractivity contribution in [3.8, 4) is 80.2 Å². The van der Waals surface area contributed by atoms with Gasteiger partial charge >= 0.3 is 51.2 Å². The second kappa shape index (κ2) is 54.2. The zero-order chi connectivity index (χ0) is 107. The number of carbonyl (C=O) groups excluding carboxylic acids is 5. The van der Waals surface area contributed by atoms with Crippen LogP contribution in [0.5, 0.6) is 46.0 Å². The highest BCUT2D eigenvalue weighted by molar-refractivity contribution is 7.54. The SMILES string of the molecule is CCC(C)OP(=O)(COc1ccc(CC(NC(=O)c2ccc3c(c2)nc(-c2ccoc2)n3C2CCCCC2)C(=O)O)cc1OC)Oc1ccccc1.CCOC(=O)C(C)OP(=O)(CC)Oc1ccccc1.COc1cc(CC(N)C(=O)O)ccc1O.COc1cc(CC(NC(=O)c2ccc3c(c2)nc(-c2ccoc2)n3C2CCCCC2)C(=O)O)ccc1O.O=C(O)c1ccc2c(c1)nc(-c1ccoc1)n2C1CCCCC1.O=C=O. The van der Waals surface area contributed by atoms with Crippen LogP contribution in [0.1, 0.15) is 203 Å². The number of benzene rings is 8. The molecule has 2 amide bonds. The van der Waals surface area contributed by atoms with Crippen molar-refractivity contribution in [2.75, 3.05) is 40.4 Å². The molecule has 0 bridgehead atoms. The lowest BCUT2D eigenvalue weighted by molar-refractivity contribution is -0.192. The summed E-state index contributed by atoms with van der Waals surface area (Å²) in [5.74, 6) is -1.56. The van der Waals surface area contributed by atoms with E-state index in [0.717, 1.165) is 108 Å². The van der Waals surface area contributed by atoms with Crippen LogP contribution in [-0.2, 0) is 70.9 Å². The molecule has 0 aliphatic heterocycles. The van der Waals surface area contributed by atoms with Gasteiger partial charge in [0.05, 0.1) is 114 Å². The molecule has 40 heteroatoms. The van der Waals surface area contributed by atoms with E-state index in [4.69, 9.17) is 90.4 Å². The summed E-state index contributed by atoms with van der Waals surface area (Å²) in [6.07, 6.45) is 26.8. The van der Waals surface area contributed by atoms with Crippen LogP contribution in [0.15, 0.2) is 239 Å². The number of carboxylic acids is 4. The molecule has 3 saturated carbocycles. The number of ether oxygens (including phenoxy) is 5. The molecule has 7 atom stereocenters. The Kier molecular flexibility index (Phi) is 40.8. The van der Waals surface area contributed by atoms with E-state index in [1.54, 1.807) is 186 Å². The number of furan rings is 3. The minimum atomic E-state index is -3.75. The van der Waals surface area contributed by atoms with E-state index in [1.165, 1.54) is 85.3 Å². The van der Waals surface area contributed by atoms with E-state index in [0.29, 0.717) is 80.6 Å². The lowest BCUT2D eigenvalue weighted by Crippen LogP contribution is -2.42. The number of phenols is 2. The van der Waals surface area contributed by atoms with Gasteiger partial charge in [-0.3, -0.25) is 23.4 Å². The van der Waals surface area contributed by atoms with Crippen molar-refractivity contribution in [3.05, 3.63) is 259 Å². The molecule has 3 fully saturated rings. The first-order valence-corrected chi connectivity index (χ1v) is 52.4. The number of imidazole rings is 3. The fraction of sp³-hybridized carbons (Fsp3) is 0.349. The van der Waals surface area contributed by atoms with Gasteiger partial charge in [-0.05, 0) is 222 Å². The predicted octanol–water partition coefficient (Wildman–Crippen LogP) is 21.1. The summed E-state index contributed by atoms with van der Waals surface area (Å²) in [5.41, 5.74) is 15.7. The van der Waals surface area contributed by atoms with Crippen molar-refractivity contribution < 1.29 is 138 Å². The number of nitrogens with one attached hydrogen (secondary N) is 2. The lowest BCUT2D eigenvalue weighted by Gasteiger charge is -2.25. The molecule has 38 nitrogen and oxygen atoms in total. The molecule has 0 spiro atoms. The number of aromatic nitrogens is 6. The Labute approximate surface area is 859 Å². The summed E-state index contributed by atoms with van der Waals surface area (Å²) in [6, 6.07) is 50.6. The van der Waals surface area contributed by atoms with Gasteiger partial charge in [0.15, 0.2) is 40.6 Å². The largest absolute Gasteiger partial charge is 0.504 e. The molecule has 17 rings (SSSR count). The minimum absolute atomic E-state index is 0.0187. The van der Waals surface area contributed by atoms with E-state index in [1.807, 2.05) is 55.5 Å². The summed E-state index contributed by atoms with van der Waals surface area (Å²) < 4.78 is 97.2. The van der Waals surface area contributed by atoms with Gasteiger partial charge in [-0.1, -0.05) is 126 Å². The molecule has 14 aromatic rings. The summed E-state index contributed by atoms with van der Waals surface area (Å²) in [6.45, 7) is 8.84. The Morgan fingerprint density at radius 3 is 1.19 bits per heavy atom. The molecule has 788 valence electrons. The average Bonchev–Trinajstić information content (AvgIpc) is 1.62. The second-order valence-corrected chi connectivity index (χ2v) is 39.7. The van der Waals surface area contributed by atoms with E-state index in [2.05, 4.69) is 24.3 Å². The van der Waals surface area contributed by atoms with Gasteiger partial charge in [0.2, 0.25) is 6.35 Å². The van der Waals surface area contributed by atoms with E-state index < -0.39 is 81.1 Å². The molecule has 7 unspecified atom stereocenters. The number of aromatic hydroxyl groups is 2. The predicted molar refractivity (Wildman–Crippen MR) is 551 cm³/mol. The van der Waals surface area contributed by atoms with Gasteiger partial charge in [-0.15, -0.1) is 0 Å². The molecule has 3 aliphatic carbocycles. The van der Waals surface area contributed by atoms with Gasteiger partial charge in [-0.2, -0.15) is 9.59 Å². The van der Waals surface area contributed by atoms with Gasteiger partial charge < -0.3 is 107 Å². The number of hydrogen-bond acceptors (Lipinski definition) is 29. The highest BCUT2D eigenvalue weighted by atomic mass is 31.2. The van der Waals surface area contributed by atoms with Crippen molar-refractivity contribution in [1.82, 2.24) is 39.3 Å². The van der Waals surface area contributed by atoms with Crippen LogP contribution >= 0.6 is 15.2 Å². The zero-order valence-electron chi connectivity index (χ0n) is 83.8. The van der Waals surface area contributed by atoms with Crippen LogP contribution in [0.3, 0.4) is 0 Å². The number of hydrogen-bond donors (Lipinski definition) is 9. The standard InChI is InChI=1S/C39H44N3O9P.C28H29N3O6.C18H18N2O3.C13H19O5P.C10H13NO4.CO2/c1-4-26(2)50-52(46,51-31-13-9-6-10-14-31)25-49-35-18-15-27(22-36(35)47-3)21-33(39(44)45)41-38(43)28-16-17-34-32(23-28)40-37(29-19-20-48-24-29)42(34)30-11-7-5-8-12-30;1-36-25-14-17(7-10-24(25)32)13-22(28(34)35)30-27(33)18-8-9-23-21(15-18)29-26(19-11-12-37-16-19)31(23)20-5-3-2-4-6-20;21-18(22)12-6-7-16-15(10-12)19-17(13-8-9-23-11-13)20(16)14-4-2-1-3-5-14;1-4-16-13(14)11(3)17-19(15,5-2)18-12-9-7-6-8-10-12;1-15-9-5-6(2-3-8(9)12)4-7(11)10(13)14;2-1-3/h6,9-10,13-20,22-24,26,30,33H,4-5,7-8,11-12,21,25H2,1-3H3,(H,41,43)(H,44,45);7-12,14-16,20,22,32H,2-6,13H2,1H3,(H,30,33)(H,34,35);6-11,14H,1-5H2,(H,21,22);6-11H,4-5H2,1-3H3;2-3,5,7,12H,4,11H2,1H3,(H,13,14);. The number of nitrogens with two attached hydrogens (primary N) is 1. The number of amides is 2. The highest BCUT2D eigenvalue weighted by Gasteiger charge is 2.36. The number of phenolic OH excluding ortho intramolecular Hbond substituents is 2. The monoisotopic (exact) mass is 2080 g/mol. The molecule has 149 heavy (non-hydrogen) atoms. The third kappa shape index (κ3) is 30.6. The van der Waals surface area contributed by atoms with Crippen molar-refractivity contribution in [3.63, 3.8) is 0 Å². The fourth-order valence-electron chi connectivity index (χ4n) is 17.5. The van der Waals surface area contributed by atoms with Gasteiger partial charge in [0, 0.05) is 42.1 Å². The lowest BCUT2D eigenvalue weighted by atomic mass is 9.95. The molecule has 6 heterocycles. The molecule has 10 N–H and O–H groups in total. The number of esters is 1. The van der Waals surface area contributed by atoms with E-state index in [9.17, 15) is 68.2 Å². The Morgan fingerprint density at radius 2 is 0.832 bits per heavy atom. The smallest absolute Gasteiger partial charge is 0.416 e. The van der Waals surface area contributed by atoms with Crippen molar-refractivity contribution >= 4 is 96.1 Å². The minimum Gasteiger partial charge on any atom is -0.504 e. The maximum absolute atomic E-state index is 13.7. The number of para-hydroxylation sites is 2. The number of aliphatic carboxylic acids is 3. The number of methoxy groups -OCH3 is 3. The quantitative estimate of drug-likeness (QED) is 0.0128. The summed E-state index contributed by atoms with van der Waals surface area (Å²) in [7, 11) is -2.82. The number of rotatable bonds is 38. The van der Waals surface area contributed by atoms with Crippen LogP contribution < -0.4 is 44.4 Å². The third-order valence-electron chi connectivity index (χ3n) is 25.2. The van der Waals surface area contributed by atoms with Gasteiger partial charge in [-0.25, -0.2) is 43.3 Å². The van der Waals surface area contributed by atoms with Crippen LogP contribution in [0, 0.1) is 0 Å². The Morgan fingerprint density at radius 1 is 0.456 bits per heavy atom. The molecular formula is C109H123N9O29P2. The Bertz CT molecular complexity index is 6950. The number of fused-ring (bicyclic) bond motifs is 3. The number of carboxylic acid groups (broad SMARTS) is 4. The Hall–Kier alpha value is -15.6. The topological polar surface area (TPSA) is 535 Å². The molecular weight excluding hydrogens is 1960 g/mol. The number of carbonyl (C=O) groups is 7. The Balaban J connectivity index is 0.000000176. The number of nitrogens with zero attached hydrogens (tertiary/aromatic N) is 6. The van der Waals surface area contributed by atoms with Crippen molar-refractivity contribution in [2.24, 2.45) is 5.73 Å². The maximum atomic E-state index is 13.7. The van der Waals surface area contributed by atoms with Crippen molar-refractivity contribution in [2.45, 2.75) is 205 Å². The molecule has 0 saturated heterocycles. The molecule has 6 aromatic heterocycles. The summed E-state index contributed by atoms with van der Waals surface area (Å²) in [5, 5.41) is 62.1. The van der Waals surface area contributed by atoms with Crippen molar-refractivity contribution in [1.29, 1.82) is 0 Å². The summed E-state index contributed by atoms with van der Waals surface area (Å²) >= 11 is 0. The van der Waals surface area contributed by atoms with Gasteiger partial charge in [0.25, 0.3) is 11.8 Å². The second-order valence-electron chi connectivity index (χ2n) is 35.6. The zero-order valence-corrected chi connectivity index (χ0v) is 85.6. The maximum Gasteiger partial charge on any atom is 0.416 e. The molecule has 0 radical (unpaired) electrons.